The molecule has 0 unspecified atom stereocenters. The maximum atomic E-state index is 12.8. The van der Waals surface area contributed by atoms with Crippen LogP contribution in [-0.4, -0.2) is 43.1 Å². The Balaban J connectivity index is 1.55. The lowest BCUT2D eigenvalue weighted by molar-refractivity contribution is -0.124. The Hall–Kier alpha value is -2.22. The molecule has 2 aromatic rings. The Morgan fingerprint density at radius 1 is 1.04 bits per heavy atom. The summed E-state index contributed by atoms with van der Waals surface area (Å²) in [5, 5.41) is 3.22. The fraction of sp³-hybridized carbons (Fsp3) is 0.263. The standard InChI is InChI=1S/C19H18ClN3O3S/c20-15-7-4-8-16(13-15)27(25,26)23-11-9-19(10-12-23)18(24)21-17(22-19)14-5-2-1-3-6-14/h1-8,13H,9-12H2,(H,21,22,24). The maximum absolute atomic E-state index is 12.8. The lowest BCUT2D eigenvalue weighted by atomic mass is 9.89. The average Bonchev–Trinajstić information content (AvgIpc) is 2.99. The molecule has 0 atom stereocenters. The zero-order chi connectivity index (χ0) is 19.1. The van der Waals surface area contributed by atoms with Gasteiger partial charge in [-0.3, -0.25) is 9.79 Å². The minimum Gasteiger partial charge on any atom is -0.308 e. The van der Waals surface area contributed by atoms with Gasteiger partial charge in [-0.1, -0.05) is 48.0 Å². The van der Waals surface area contributed by atoms with Gasteiger partial charge in [-0.25, -0.2) is 8.42 Å². The maximum Gasteiger partial charge on any atom is 0.253 e. The largest absolute Gasteiger partial charge is 0.308 e. The number of benzene rings is 2. The predicted molar refractivity (Wildman–Crippen MR) is 103 cm³/mol. The first-order chi connectivity index (χ1) is 12.9. The molecule has 140 valence electrons. The van der Waals surface area contributed by atoms with Crippen LogP contribution >= 0.6 is 11.6 Å². The molecule has 2 aromatic carbocycles. The molecule has 0 radical (unpaired) electrons. The van der Waals surface area contributed by atoms with Crippen LogP contribution in [0.1, 0.15) is 18.4 Å². The van der Waals surface area contributed by atoms with E-state index >= 15 is 0 Å². The number of amides is 1. The van der Waals surface area contributed by atoms with Crippen LogP contribution < -0.4 is 5.32 Å². The molecule has 0 aromatic heterocycles. The van der Waals surface area contributed by atoms with Crippen molar-refractivity contribution in [3.8, 4) is 0 Å². The van der Waals surface area contributed by atoms with Crippen LogP contribution in [-0.2, 0) is 14.8 Å². The fourth-order valence-electron chi connectivity index (χ4n) is 3.46. The summed E-state index contributed by atoms with van der Waals surface area (Å²) in [5.74, 6) is 0.382. The molecule has 0 aliphatic carbocycles. The molecule has 4 rings (SSSR count). The van der Waals surface area contributed by atoms with Crippen LogP contribution in [0.5, 0.6) is 0 Å². The van der Waals surface area contributed by atoms with Crippen molar-refractivity contribution in [1.82, 2.24) is 9.62 Å². The van der Waals surface area contributed by atoms with E-state index < -0.39 is 15.6 Å². The van der Waals surface area contributed by atoms with E-state index in [1.165, 1.54) is 16.4 Å². The van der Waals surface area contributed by atoms with Gasteiger partial charge in [0, 0.05) is 23.7 Å². The number of amidine groups is 1. The Morgan fingerprint density at radius 2 is 1.74 bits per heavy atom. The zero-order valence-corrected chi connectivity index (χ0v) is 16.0. The zero-order valence-electron chi connectivity index (χ0n) is 14.4. The third kappa shape index (κ3) is 3.26. The van der Waals surface area contributed by atoms with Crippen molar-refractivity contribution in [3.05, 3.63) is 65.2 Å². The van der Waals surface area contributed by atoms with Gasteiger partial charge in [0.2, 0.25) is 10.0 Å². The van der Waals surface area contributed by atoms with Gasteiger partial charge >= 0.3 is 0 Å². The summed E-state index contributed by atoms with van der Waals surface area (Å²) in [6.07, 6.45) is 0.684. The summed E-state index contributed by atoms with van der Waals surface area (Å²) < 4.78 is 27.1. The molecule has 1 spiro atoms. The average molecular weight is 404 g/mol. The summed E-state index contributed by atoms with van der Waals surface area (Å²) in [4.78, 5) is 17.4. The Kier molecular flexibility index (Phi) is 4.53. The summed E-state index contributed by atoms with van der Waals surface area (Å²) in [6, 6.07) is 15.7. The van der Waals surface area contributed by atoms with Crippen molar-refractivity contribution >= 4 is 33.4 Å². The minimum atomic E-state index is -3.65. The first-order valence-corrected chi connectivity index (χ1v) is 10.4. The first kappa shape index (κ1) is 18.2. The van der Waals surface area contributed by atoms with Crippen molar-refractivity contribution in [3.63, 3.8) is 0 Å². The number of rotatable bonds is 3. The number of halogens is 1. The van der Waals surface area contributed by atoms with Gasteiger partial charge in [0.15, 0.2) is 0 Å². The number of nitrogens with zero attached hydrogens (tertiary/aromatic N) is 2. The molecule has 27 heavy (non-hydrogen) atoms. The molecule has 2 aliphatic heterocycles. The summed E-state index contributed by atoms with van der Waals surface area (Å²) in [5.41, 5.74) is -0.0531. The number of aliphatic imine (C=N–C) groups is 1. The molecular formula is C19H18ClN3O3S. The molecule has 1 saturated heterocycles. The van der Waals surface area contributed by atoms with E-state index in [2.05, 4.69) is 10.3 Å². The first-order valence-electron chi connectivity index (χ1n) is 8.63. The van der Waals surface area contributed by atoms with Gasteiger partial charge in [-0.2, -0.15) is 4.31 Å². The van der Waals surface area contributed by atoms with Crippen molar-refractivity contribution in [1.29, 1.82) is 0 Å². The van der Waals surface area contributed by atoms with Crippen LogP contribution in [0.15, 0.2) is 64.5 Å². The normalized spacial score (nSPS) is 19.7. The lowest BCUT2D eigenvalue weighted by Gasteiger charge is -2.34. The third-order valence-electron chi connectivity index (χ3n) is 5.01. The number of carbonyl (C=O) groups excluding carboxylic acids is 1. The highest BCUT2D eigenvalue weighted by Gasteiger charge is 2.47. The smallest absolute Gasteiger partial charge is 0.253 e. The van der Waals surface area contributed by atoms with E-state index in [4.69, 9.17) is 11.6 Å². The van der Waals surface area contributed by atoms with Crippen LogP contribution in [0.4, 0.5) is 0 Å². The number of piperidine rings is 1. The Labute approximate surface area is 162 Å². The van der Waals surface area contributed by atoms with Gasteiger partial charge in [0.25, 0.3) is 5.91 Å². The van der Waals surface area contributed by atoms with Gasteiger partial charge in [-0.15, -0.1) is 0 Å². The quantitative estimate of drug-likeness (QED) is 0.854. The van der Waals surface area contributed by atoms with Gasteiger partial charge in [0.1, 0.15) is 11.4 Å². The Morgan fingerprint density at radius 3 is 2.41 bits per heavy atom. The molecule has 6 nitrogen and oxygen atoms in total. The summed E-state index contributed by atoms with van der Waals surface area (Å²) >= 11 is 5.93. The van der Waals surface area contributed by atoms with Crippen LogP contribution in [0.25, 0.3) is 0 Å². The van der Waals surface area contributed by atoms with Crippen molar-refractivity contribution in [2.75, 3.05) is 13.1 Å². The highest BCUT2D eigenvalue weighted by Crippen LogP contribution is 2.33. The number of carbonyl (C=O) groups is 1. The summed E-state index contributed by atoms with van der Waals surface area (Å²) in [6.45, 7) is 0.460. The minimum absolute atomic E-state index is 0.162. The lowest BCUT2D eigenvalue weighted by Crippen LogP contribution is -2.50. The molecule has 8 heteroatoms. The monoisotopic (exact) mass is 403 g/mol. The molecule has 1 amide bonds. The number of hydrogen-bond donors (Lipinski definition) is 1. The van der Waals surface area contributed by atoms with Gasteiger partial charge in [-0.05, 0) is 31.0 Å². The molecule has 2 aliphatic rings. The van der Waals surface area contributed by atoms with Crippen LogP contribution in [0, 0.1) is 0 Å². The van der Waals surface area contributed by atoms with Crippen molar-refractivity contribution < 1.29 is 13.2 Å². The predicted octanol–water partition coefficient (Wildman–Crippen LogP) is 2.44. The van der Waals surface area contributed by atoms with Crippen LogP contribution in [0.2, 0.25) is 5.02 Å². The summed E-state index contributed by atoms with van der Waals surface area (Å²) in [7, 11) is -3.65. The molecule has 0 bridgehead atoms. The van der Waals surface area contributed by atoms with Crippen molar-refractivity contribution in [2.45, 2.75) is 23.3 Å². The second-order valence-electron chi connectivity index (χ2n) is 6.67. The van der Waals surface area contributed by atoms with E-state index in [9.17, 15) is 13.2 Å². The Bertz CT molecular complexity index is 1010. The van der Waals surface area contributed by atoms with E-state index in [1.807, 2.05) is 30.3 Å². The SMILES string of the molecule is O=C1NC(c2ccccc2)=NC12CCN(S(=O)(=O)c1cccc(Cl)c1)CC2. The van der Waals surface area contributed by atoms with Crippen LogP contribution in [0.3, 0.4) is 0 Å². The van der Waals surface area contributed by atoms with E-state index in [0.717, 1.165) is 5.56 Å². The number of hydrogen-bond acceptors (Lipinski definition) is 4. The molecular weight excluding hydrogens is 386 g/mol. The highest BCUT2D eigenvalue weighted by atomic mass is 35.5. The van der Waals surface area contributed by atoms with Gasteiger partial charge in [0.05, 0.1) is 4.90 Å². The molecule has 1 N–H and O–H groups in total. The van der Waals surface area contributed by atoms with E-state index in [1.54, 1.807) is 12.1 Å². The fourth-order valence-corrected chi connectivity index (χ4v) is 5.20. The van der Waals surface area contributed by atoms with Crippen molar-refractivity contribution in [2.24, 2.45) is 4.99 Å². The number of sulfonamides is 1. The molecule has 0 saturated carbocycles. The highest BCUT2D eigenvalue weighted by molar-refractivity contribution is 7.89. The number of nitrogens with one attached hydrogen (secondary N) is 1. The third-order valence-corrected chi connectivity index (χ3v) is 7.14. The molecule has 2 heterocycles. The second kappa shape index (κ2) is 6.74. The van der Waals surface area contributed by atoms with E-state index in [0.29, 0.717) is 23.7 Å². The van der Waals surface area contributed by atoms with Gasteiger partial charge < -0.3 is 5.32 Å². The topological polar surface area (TPSA) is 78.8 Å². The van der Waals surface area contributed by atoms with E-state index in [-0.39, 0.29) is 23.9 Å². The second-order valence-corrected chi connectivity index (χ2v) is 9.05. The molecule has 1 fully saturated rings.